The first-order valence-electron chi connectivity index (χ1n) is 18.0. The van der Waals surface area contributed by atoms with Gasteiger partial charge in [0.2, 0.25) is 0 Å². The van der Waals surface area contributed by atoms with Crippen LogP contribution < -0.4 is 5.32 Å². The Morgan fingerprint density at radius 2 is 1.04 bits per heavy atom. The van der Waals surface area contributed by atoms with Crippen molar-refractivity contribution in [2.24, 2.45) is 0 Å². The molecule has 9 aromatic rings. The molecule has 256 valence electrons. The number of para-hydroxylation sites is 4. The van der Waals surface area contributed by atoms with E-state index in [4.69, 9.17) is 0 Å². The quantitative estimate of drug-likeness (QED) is 0.124. The number of anilines is 2. The molecule has 3 aromatic heterocycles. The summed E-state index contributed by atoms with van der Waals surface area (Å²) in [6.07, 6.45) is 3.23. The molecular formula is C45H46N6. The summed E-state index contributed by atoms with van der Waals surface area (Å²) in [6, 6.07) is 43.0. The van der Waals surface area contributed by atoms with Crippen LogP contribution in [0.15, 0.2) is 121 Å². The van der Waals surface area contributed by atoms with Crippen LogP contribution in [0.4, 0.5) is 11.4 Å². The Kier molecular flexibility index (Phi) is 8.95. The molecule has 4 N–H and O–H groups in total. The first-order valence-corrected chi connectivity index (χ1v) is 18.0. The lowest BCUT2D eigenvalue weighted by Gasteiger charge is -2.13. The van der Waals surface area contributed by atoms with Crippen molar-refractivity contribution in [3.05, 3.63) is 132 Å². The monoisotopic (exact) mass is 670 g/mol. The highest BCUT2D eigenvalue weighted by Gasteiger charge is 2.16. The van der Waals surface area contributed by atoms with E-state index in [1.807, 2.05) is 6.07 Å². The van der Waals surface area contributed by atoms with E-state index < -0.39 is 0 Å². The zero-order valence-corrected chi connectivity index (χ0v) is 30.0. The first-order chi connectivity index (χ1) is 24.9. The zero-order valence-electron chi connectivity index (χ0n) is 30.0. The maximum atomic E-state index is 3.70. The molecule has 6 aromatic carbocycles. The van der Waals surface area contributed by atoms with Crippen molar-refractivity contribution in [1.82, 2.24) is 24.8 Å². The maximum Gasteiger partial charge on any atom is 0.0505 e. The summed E-state index contributed by atoms with van der Waals surface area (Å²) in [7, 11) is 8.53. The van der Waals surface area contributed by atoms with E-state index in [1.54, 1.807) is 0 Å². The van der Waals surface area contributed by atoms with Crippen LogP contribution in [0.5, 0.6) is 0 Å². The van der Waals surface area contributed by atoms with Crippen LogP contribution in [0.25, 0.3) is 65.4 Å². The highest BCUT2D eigenvalue weighted by atomic mass is 15.0. The van der Waals surface area contributed by atoms with Crippen LogP contribution >= 0.6 is 0 Å². The molecule has 6 nitrogen and oxygen atoms in total. The Hall–Kier alpha value is -5.56. The van der Waals surface area contributed by atoms with Crippen LogP contribution in [0.1, 0.15) is 17.5 Å². The van der Waals surface area contributed by atoms with Gasteiger partial charge in [-0.1, -0.05) is 72.8 Å². The molecule has 9 rings (SSSR count). The highest BCUT2D eigenvalue weighted by Crippen LogP contribution is 2.38. The minimum Gasteiger partial charge on any atom is -0.355 e. The minimum absolute atomic E-state index is 1.01. The zero-order chi connectivity index (χ0) is 34.9. The number of aromatic nitrogens is 3. The molecule has 0 aliphatic heterocycles. The molecule has 51 heavy (non-hydrogen) atoms. The molecule has 0 saturated carbocycles. The van der Waals surface area contributed by atoms with Gasteiger partial charge in [0, 0.05) is 77.8 Å². The Balaban J connectivity index is 0.000000147. The molecule has 0 aliphatic rings. The minimum atomic E-state index is 1.01. The molecule has 0 radical (unpaired) electrons. The van der Waals surface area contributed by atoms with Crippen LogP contribution in [-0.2, 0) is 12.8 Å². The average molecular weight is 671 g/mol. The lowest BCUT2D eigenvalue weighted by atomic mass is 9.98. The molecular weight excluding hydrogens is 625 g/mol. The smallest absolute Gasteiger partial charge is 0.0505 e. The van der Waals surface area contributed by atoms with E-state index in [1.165, 1.54) is 76.5 Å². The van der Waals surface area contributed by atoms with Crippen molar-refractivity contribution in [3.8, 4) is 0 Å². The summed E-state index contributed by atoms with van der Waals surface area (Å²) < 4.78 is 0. The second-order valence-electron chi connectivity index (χ2n) is 14.2. The summed E-state index contributed by atoms with van der Waals surface area (Å²) in [4.78, 5) is 15.4. The highest BCUT2D eigenvalue weighted by molar-refractivity contribution is 6.19. The van der Waals surface area contributed by atoms with Gasteiger partial charge >= 0.3 is 0 Å². The van der Waals surface area contributed by atoms with Crippen molar-refractivity contribution < 1.29 is 0 Å². The van der Waals surface area contributed by atoms with Crippen molar-refractivity contribution in [2.75, 3.05) is 46.6 Å². The molecule has 0 spiro atoms. The number of hydrogen-bond donors (Lipinski definition) is 4. The second kappa shape index (κ2) is 14.0. The number of nitrogens with one attached hydrogen (secondary N) is 4. The predicted octanol–water partition coefficient (Wildman–Crippen LogP) is 10.6. The molecule has 0 aliphatic carbocycles. The van der Waals surface area contributed by atoms with Crippen LogP contribution in [0.3, 0.4) is 0 Å². The molecule has 6 heteroatoms. The van der Waals surface area contributed by atoms with Gasteiger partial charge in [0.05, 0.1) is 5.52 Å². The molecule has 0 fully saturated rings. The maximum absolute atomic E-state index is 3.70. The number of aromatic amines is 3. The lowest BCUT2D eigenvalue weighted by molar-refractivity contribution is 0.401. The molecule has 0 saturated heterocycles. The second-order valence-corrected chi connectivity index (χ2v) is 14.2. The summed E-state index contributed by atoms with van der Waals surface area (Å²) in [6.45, 7) is 2.12. The number of nitrogens with zero attached hydrogens (tertiary/aromatic N) is 2. The van der Waals surface area contributed by atoms with Crippen molar-refractivity contribution in [3.63, 3.8) is 0 Å². The van der Waals surface area contributed by atoms with E-state index in [9.17, 15) is 0 Å². The fourth-order valence-corrected chi connectivity index (χ4v) is 7.56. The third kappa shape index (κ3) is 6.56. The predicted molar refractivity (Wildman–Crippen MR) is 220 cm³/mol. The van der Waals surface area contributed by atoms with Gasteiger partial charge in [-0.15, -0.1) is 0 Å². The van der Waals surface area contributed by atoms with E-state index in [0.717, 1.165) is 43.7 Å². The summed E-state index contributed by atoms with van der Waals surface area (Å²) >= 11 is 0. The summed E-state index contributed by atoms with van der Waals surface area (Å²) in [5.41, 5.74) is 12.4. The normalized spacial score (nSPS) is 11.9. The molecule has 0 unspecified atom stereocenters. The number of fused-ring (bicyclic) bond motifs is 9. The van der Waals surface area contributed by atoms with Gasteiger partial charge in [-0.3, -0.25) is 0 Å². The number of aryl methyl sites for hydroxylation is 1. The number of rotatable bonds is 9. The SMILES string of the molecule is CN(C)CCCc1c2[nH]c3ccccc3c2cc2[nH]c3ccccc3c12.CN(C)CCc1cc(Nc2ccccc2)cc2c1[nH]c1ccccc12. The van der Waals surface area contributed by atoms with Crippen molar-refractivity contribution in [2.45, 2.75) is 19.3 Å². The van der Waals surface area contributed by atoms with Gasteiger partial charge in [0.1, 0.15) is 0 Å². The van der Waals surface area contributed by atoms with Gasteiger partial charge in [0.15, 0.2) is 0 Å². The number of H-pyrrole nitrogens is 3. The van der Waals surface area contributed by atoms with E-state index in [2.05, 4.69) is 174 Å². The van der Waals surface area contributed by atoms with Crippen LogP contribution in [-0.4, -0.2) is 66.0 Å². The molecule has 0 amide bonds. The third-order valence-corrected chi connectivity index (χ3v) is 9.99. The Morgan fingerprint density at radius 3 is 1.71 bits per heavy atom. The Labute approximate surface area is 299 Å². The van der Waals surface area contributed by atoms with Gasteiger partial charge in [-0.05, 0) is 114 Å². The third-order valence-electron chi connectivity index (χ3n) is 9.99. The lowest BCUT2D eigenvalue weighted by Crippen LogP contribution is -2.15. The van der Waals surface area contributed by atoms with Crippen LogP contribution in [0, 0.1) is 0 Å². The van der Waals surface area contributed by atoms with E-state index in [-0.39, 0.29) is 0 Å². The number of hydrogen-bond acceptors (Lipinski definition) is 3. The van der Waals surface area contributed by atoms with E-state index >= 15 is 0 Å². The Bertz CT molecular complexity index is 2600. The van der Waals surface area contributed by atoms with Gasteiger partial charge < -0.3 is 30.1 Å². The van der Waals surface area contributed by atoms with Gasteiger partial charge in [-0.2, -0.15) is 0 Å². The van der Waals surface area contributed by atoms with E-state index in [0.29, 0.717) is 0 Å². The topological polar surface area (TPSA) is 65.9 Å². The average Bonchev–Trinajstić information content (AvgIpc) is 3.82. The fourth-order valence-electron chi connectivity index (χ4n) is 7.56. The van der Waals surface area contributed by atoms with Crippen molar-refractivity contribution >= 4 is 76.8 Å². The molecule has 0 atom stereocenters. The number of likely N-dealkylation sites (N-methyl/N-ethyl adjacent to an activating group) is 1. The molecule has 3 heterocycles. The Morgan fingerprint density at radius 1 is 0.471 bits per heavy atom. The van der Waals surface area contributed by atoms with Gasteiger partial charge in [-0.25, -0.2) is 0 Å². The standard InChI is InChI=1S/C23H23N3.C22H23N3/c1-26(2)13-7-10-17-22-16-9-4-6-12-20(16)24-21(22)14-18-15-8-3-5-11-19(15)25-23(17)18;1-25(2)13-12-16-14-18(23-17-8-4-3-5-9-17)15-20-19-10-6-7-11-21(19)24-22(16)20/h3-6,8-9,11-12,14,24-25H,7,10,13H2,1-2H3;3-11,14-15,23-24H,12-13H2,1-2H3. The fraction of sp³-hybridized carbons (Fsp3) is 0.200. The number of benzene rings is 6. The molecule has 0 bridgehead atoms. The summed E-state index contributed by atoms with van der Waals surface area (Å²) in [5.74, 6) is 0. The van der Waals surface area contributed by atoms with Crippen LogP contribution in [0.2, 0.25) is 0 Å². The largest absolute Gasteiger partial charge is 0.355 e. The summed E-state index contributed by atoms with van der Waals surface area (Å²) in [5, 5.41) is 11.4. The van der Waals surface area contributed by atoms with Gasteiger partial charge in [0.25, 0.3) is 0 Å². The van der Waals surface area contributed by atoms with Crippen molar-refractivity contribution in [1.29, 1.82) is 0 Å². The first kappa shape index (κ1) is 32.6.